The zero-order chi connectivity index (χ0) is 22.8. The molecular formula is C25H30Cl2N2O3. The summed E-state index contributed by atoms with van der Waals surface area (Å²) in [6.07, 6.45) is 4.55. The van der Waals surface area contributed by atoms with E-state index in [9.17, 15) is 4.79 Å². The first kappa shape index (κ1) is 23.2. The van der Waals surface area contributed by atoms with Gasteiger partial charge < -0.3 is 14.4 Å². The fourth-order valence-corrected chi connectivity index (χ4v) is 5.55. The highest BCUT2D eigenvalue weighted by Gasteiger charge is 2.41. The van der Waals surface area contributed by atoms with E-state index < -0.39 is 0 Å². The summed E-state index contributed by atoms with van der Waals surface area (Å²) in [6.45, 7) is 2.13. The molecule has 1 aliphatic carbocycles. The molecule has 2 aromatic carbocycles. The van der Waals surface area contributed by atoms with Gasteiger partial charge in [-0.15, -0.1) is 0 Å². The van der Waals surface area contributed by atoms with E-state index in [4.69, 9.17) is 32.7 Å². The lowest BCUT2D eigenvalue weighted by Crippen LogP contribution is -2.49. The Hall–Kier alpha value is -1.95. The van der Waals surface area contributed by atoms with E-state index in [0.717, 1.165) is 54.1 Å². The lowest BCUT2D eigenvalue weighted by atomic mass is 9.81. The van der Waals surface area contributed by atoms with E-state index in [0.29, 0.717) is 10.0 Å². The molecule has 0 N–H and O–H groups in total. The normalized spacial score (nSPS) is 20.7. The van der Waals surface area contributed by atoms with E-state index in [1.54, 1.807) is 26.4 Å². The number of carbonyl (C=O) groups is 1. The van der Waals surface area contributed by atoms with Gasteiger partial charge in [0.25, 0.3) is 0 Å². The maximum Gasteiger partial charge on any atom is 0.227 e. The Morgan fingerprint density at radius 1 is 1.06 bits per heavy atom. The molecule has 1 amide bonds. The third-order valence-corrected chi connectivity index (χ3v) is 7.56. The van der Waals surface area contributed by atoms with Gasteiger partial charge in [-0.25, -0.2) is 0 Å². The molecule has 0 spiro atoms. The topological polar surface area (TPSA) is 42.0 Å². The molecule has 0 saturated carbocycles. The summed E-state index contributed by atoms with van der Waals surface area (Å²) in [5.41, 5.74) is 3.06. The van der Waals surface area contributed by atoms with Gasteiger partial charge in [-0.1, -0.05) is 29.3 Å². The number of likely N-dealkylation sites (N-methyl/N-ethyl adjacent to an activating group) is 1. The summed E-state index contributed by atoms with van der Waals surface area (Å²) in [5, 5.41) is 0.951. The molecule has 172 valence electrons. The fraction of sp³-hybridized carbons (Fsp3) is 0.480. The molecule has 5 nitrogen and oxygen atoms in total. The molecule has 2 atom stereocenters. The molecule has 2 aromatic rings. The zero-order valence-electron chi connectivity index (χ0n) is 18.9. The van der Waals surface area contributed by atoms with Crippen molar-refractivity contribution in [3.05, 3.63) is 57.1 Å². The molecule has 1 aliphatic heterocycles. The summed E-state index contributed by atoms with van der Waals surface area (Å²) >= 11 is 12.2. The minimum atomic E-state index is -0.114. The summed E-state index contributed by atoms with van der Waals surface area (Å²) < 4.78 is 11.5. The highest BCUT2D eigenvalue weighted by Crippen LogP contribution is 2.46. The highest BCUT2D eigenvalue weighted by molar-refractivity contribution is 6.42. The Morgan fingerprint density at radius 2 is 1.75 bits per heavy atom. The lowest BCUT2D eigenvalue weighted by molar-refractivity contribution is -0.133. The molecule has 32 heavy (non-hydrogen) atoms. The number of benzene rings is 2. The van der Waals surface area contributed by atoms with E-state index in [-0.39, 0.29) is 24.4 Å². The van der Waals surface area contributed by atoms with Crippen LogP contribution in [0.15, 0.2) is 30.3 Å². The van der Waals surface area contributed by atoms with Gasteiger partial charge in [-0.2, -0.15) is 0 Å². The van der Waals surface area contributed by atoms with Gasteiger partial charge >= 0.3 is 0 Å². The molecule has 4 rings (SSSR count). The molecule has 0 aromatic heterocycles. The average molecular weight is 477 g/mol. The van der Waals surface area contributed by atoms with Crippen molar-refractivity contribution in [3.63, 3.8) is 0 Å². The van der Waals surface area contributed by atoms with E-state index >= 15 is 0 Å². The first-order valence-electron chi connectivity index (χ1n) is 11.1. The predicted molar refractivity (Wildman–Crippen MR) is 128 cm³/mol. The summed E-state index contributed by atoms with van der Waals surface area (Å²) in [5.74, 6) is 1.70. The van der Waals surface area contributed by atoms with Crippen molar-refractivity contribution in [1.82, 2.24) is 9.80 Å². The maximum atomic E-state index is 13.5. The first-order chi connectivity index (χ1) is 15.4. The molecule has 7 heteroatoms. The van der Waals surface area contributed by atoms with Crippen molar-refractivity contribution in [2.45, 2.75) is 44.2 Å². The first-order valence-corrected chi connectivity index (χ1v) is 11.9. The average Bonchev–Trinajstić information content (AvgIpc) is 3.34. The zero-order valence-corrected chi connectivity index (χ0v) is 20.4. The summed E-state index contributed by atoms with van der Waals surface area (Å²) in [7, 11) is 5.29. The van der Waals surface area contributed by atoms with Crippen LogP contribution in [0.3, 0.4) is 0 Å². The fourth-order valence-electron chi connectivity index (χ4n) is 5.23. The molecule has 0 radical (unpaired) electrons. The van der Waals surface area contributed by atoms with Crippen LogP contribution in [0.2, 0.25) is 10.0 Å². The minimum Gasteiger partial charge on any atom is -0.496 e. The number of methoxy groups -OCH3 is 2. The van der Waals surface area contributed by atoms with Crippen LogP contribution < -0.4 is 9.47 Å². The smallest absolute Gasteiger partial charge is 0.227 e. The van der Waals surface area contributed by atoms with Gasteiger partial charge in [-0.3, -0.25) is 9.69 Å². The van der Waals surface area contributed by atoms with Gasteiger partial charge in [0.05, 0.1) is 36.7 Å². The van der Waals surface area contributed by atoms with Crippen LogP contribution in [0.25, 0.3) is 0 Å². The van der Waals surface area contributed by atoms with Gasteiger partial charge in [0.1, 0.15) is 11.5 Å². The molecule has 0 unspecified atom stereocenters. The number of ether oxygens (including phenoxy) is 2. The Morgan fingerprint density at radius 3 is 2.41 bits per heavy atom. The standard InChI is InChI=1S/C25H30Cl2N2O3/c1-28(23(30)15-16-6-8-18(26)19(27)14-16)25-20(29-12-4-5-13-29)9-7-17-21(31-2)10-11-22(32-3)24(17)25/h6,8,10-11,14,20,25H,4-5,7,9,12-13,15H2,1-3H3/t20-,25+/m0/s1. The van der Waals surface area contributed by atoms with Gasteiger partial charge in [0.15, 0.2) is 0 Å². The SMILES string of the molecule is COc1ccc(OC)c2c1CC[C@H](N1CCCC1)[C@H]2N(C)C(=O)Cc1ccc(Cl)c(Cl)c1. The number of carbonyl (C=O) groups excluding carboxylic acids is 1. The van der Waals surface area contributed by atoms with Gasteiger partial charge in [0, 0.05) is 24.2 Å². The summed E-state index contributed by atoms with van der Waals surface area (Å²) in [4.78, 5) is 17.9. The highest BCUT2D eigenvalue weighted by atomic mass is 35.5. The number of nitrogens with zero attached hydrogens (tertiary/aromatic N) is 2. The second kappa shape index (κ2) is 9.90. The van der Waals surface area contributed by atoms with E-state index in [1.165, 1.54) is 12.8 Å². The second-order valence-corrected chi connectivity index (χ2v) is 9.40. The number of hydrogen-bond donors (Lipinski definition) is 0. The second-order valence-electron chi connectivity index (χ2n) is 8.59. The number of hydrogen-bond acceptors (Lipinski definition) is 4. The Balaban J connectivity index is 1.72. The number of likely N-dealkylation sites (tertiary alicyclic amines) is 1. The van der Waals surface area contributed by atoms with Crippen LogP contribution in [0.4, 0.5) is 0 Å². The van der Waals surface area contributed by atoms with Gasteiger partial charge in [-0.05, 0) is 68.6 Å². The quantitative estimate of drug-likeness (QED) is 0.576. The Labute approximate surface area is 200 Å². The van der Waals surface area contributed by atoms with Crippen molar-refractivity contribution in [2.24, 2.45) is 0 Å². The third-order valence-electron chi connectivity index (χ3n) is 6.82. The number of amides is 1. The Bertz CT molecular complexity index is 991. The van der Waals surface area contributed by atoms with E-state index in [1.807, 2.05) is 30.1 Å². The maximum absolute atomic E-state index is 13.5. The molecule has 1 fully saturated rings. The van der Waals surface area contributed by atoms with Crippen LogP contribution in [-0.2, 0) is 17.6 Å². The summed E-state index contributed by atoms with van der Waals surface area (Å²) in [6, 6.07) is 9.41. The van der Waals surface area contributed by atoms with Crippen LogP contribution in [0.5, 0.6) is 11.5 Å². The number of fused-ring (bicyclic) bond motifs is 1. The largest absolute Gasteiger partial charge is 0.496 e. The van der Waals surface area contributed by atoms with Crippen LogP contribution in [0, 0.1) is 0 Å². The Kier molecular flexibility index (Phi) is 7.18. The van der Waals surface area contributed by atoms with Crippen LogP contribution >= 0.6 is 23.2 Å². The van der Waals surface area contributed by atoms with Crippen LogP contribution in [0.1, 0.15) is 42.0 Å². The third kappa shape index (κ3) is 4.43. The number of rotatable bonds is 6. The molecule has 2 aliphatic rings. The molecule has 0 bridgehead atoms. The monoisotopic (exact) mass is 476 g/mol. The van der Waals surface area contributed by atoms with Crippen molar-refractivity contribution < 1.29 is 14.3 Å². The van der Waals surface area contributed by atoms with Crippen molar-refractivity contribution in [2.75, 3.05) is 34.4 Å². The van der Waals surface area contributed by atoms with Crippen molar-refractivity contribution in [1.29, 1.82) is 0 Å². The van der Waals surface area contributed by atoms with Crippen LogP contribution in [-0.4, -0.2) is 56.1 Å². The van der Waals surface area contributed by atoms with Crippen molar-refractivity contribution in [3.8, 4) is 11.5 Å². The van der Waals surface area contributed by atoms with E-state index in [2.05, 4.69) is 4.90 Å². The lowest BCUT2D eigenvalue weighted by Gasteiger charge is -2.44. The minimum absolute atomic E-state index is 0.0373. The molecule has 1 heterocycles. The molecular weight excluding hydrogens is 447 g/mol. The number of halogens is 2. The van der Waals surface area contributed by atoms with Crippen molar-refractivity contribution >= 4 is 29.1 Å². The van der Waals surface area contributed by atoms with Gasteiger partial charge in [0.2, 0.25) is 5.91 Å². The molecule has 1 saturated heterocycles. The predicted octanol–water partition coefficient (Wildman–Crippen LogP) is 5.16.